The largest absolute Gasteiger partial charge is 0.504 e. The lowest BCUT2D eigenvalue weighted by Crippen LogP contribution is -2.74. The Bertz CT molecular complexity index is 1650. The summed E-state index contributed by atoms with van der Waals surface area (Å²) < 4.78 is 22.6. The van der Waals surface area contributed by atoms with Crippen molar-refractivity contribution >= 4 is 35.5 Å². The van der Waals surface area contributed by atoms with Gasteiger partial charge in [-0.3, -0.25) is 24.0 Å². The highest BCUT2D eigenvalue weighted by atomic mass is 16.6. The van der Waals surface area contributed by atoms with Gasteiger partial charge in [-0.2, -0.15) is 0 Å². The molecule has 1 aromatic carbocycles. The maximum atomic E-state index is 13.5. The van der Waals surface area contributed by atoms with E-state index in [1.807, 2.05) is 13.1 Å². The normalized spacial score (nSPS) is 25.6. The lowest BCUT2D eigenvalue weighted by molar-refractivity contribution is -0.177. The van der Waals surface area contributed by atoms with Crippen LogP contribution in [0.5, 0.6) is 11.5 Å². The highest BCUT2D eigenvalue weighted by molar-refractivity contribution is 5.89. The Hall–Kier alpha value is -4.54. The third-order valence-electron chi connectivity index (χ3n) is 10.6. The Morgan fingerprint density at radius 1 is 1.12 bits per heavy atom. The summed E-state index contributed by atoms with van der Waals surface area (Å²) >= 11 is 0. The number of phenolic OH excluding ortho intramolecular Hbond substituents is 1. The molecule has 6 N–H and O–H groups in total. The third-order valence-corrected chi connectivity index (χ3v) is 10.6. The zero-order valence-electron chi connectivity index (χ0n) is 29.9. The minimum atomic E-state index is -1.81. The molecule has 4 aliphatic rings. The quantitative estimate of drug-likeness (QED) is 0.0868. The van der Waals surface area contributed by atoms with E-state index in [9.17, 15) is 39.0 Å². The predicted molar refractivity (Wildman–Crippen MR) is 182 cm³/mol. The van der Waals surface area contributed by atoms with Gasteiger partial charge >= 0.3 is 17.9 Å². The van der Waals surface area contributed by atoms with Gasteiger partial charge in [0.15, 0.2) is 29.5 Å². The summed E-state index contributed by atoms with van der Waals surface area (Å²) in [4.78, 5) is 77.7. The Morgan fingerprint density at radius 2 is 1.87 bits per heavy atom. The van der Waals surface area contributed by atoms with Crippen molar-refractivity contribution in [2.75, 3.05) is 26.7 Å². The Morgan fingerprint density at radius 3 is 2.56 bits per heavy atom. The van der Waals surface area contributed by atoms with Crippen LogP contribution in [0.4, 0.5) is 0 Å². The number of carbonyl (C=O) groups is 6. The molecular weight excluding hydrogens is 680 g/mol. The van der Waals surface area contributed by atoms with Crippen LogP contribution in [-0.2, 0) is 54.8 Å². The summed E-state index contributed by atoms with van der Waals surface area (Å²) in [6.45, 7) is 4.65. The van der Waals surface area contributed by atoms with E-state index in [0.717, 1.165) is 5.56 Å². The number of benzene rings is 1. The number of ketones is 1. The van der Waals surface area contributed by atoms with Crippen molar-refractivity contribution in [3.8, 4) is 11.5 Å². The van der Waals surface area contributed by atoms with E-state index in [0.29, 0.717) is 50.8 Å². The first-order valence-electron chi connectivity index (χ1n) is 17.6. The molecule has 7 atom stereocenters. The summed E-state index contributed by atoms with van der Waals surface area (Å²) in [6, 6.07) is 2.26. The first-order chi connectivity index (χ1) is 24.6. The number of likely N-dealkylation sites (tertiary alicyclic amines) is 1. The number of Topliss-reactive ketones (excluding diaryl/α,β-unsaturated/α-hetero) is 1. The summed E-state index contributed by atoms with van der Waals surface area (Å²) in [5.74, 6) is -4.28. The van der Waals surface area contributed by atoms with Crippen LogP contribution >= 0.6 is 0 Å². The highest BCUT2D eigenvalue weighted by Crippen LogP contribution is 2.65. The number of amides is 2. The molecule has 1 fully saturated rings. The van der Waals surface area contributed by atoms with Crippen molar-refractivity contribution in [3.05, 3.63) is 35.1 Å². The number of nitrogens with two attached hydrogens (primary N) is 1. The van der Waals surface area contributed by atoms with Crippen LogP contribution < -0.4 is 21.1 Å². The maximum Gasteiger partial charge on any atom is 0.348 e. The first-order valence-corrected chi connectivity index (χ1v) is 17.6. The molecule has 16 nitrogen and oxygen atoms in total. The number of hydrogen-bond acceptors (Lipinski definition) is 14. The number of aliphatic hydroxyl groups is 1. The first kappa shape index (κ1) is 38.7. The topological polar surface area (TPSA) is 233 Å². The molecule has 0 saturated carbocycles. The molecule has 5 rings (SSSR count). The van der Waals surface area contributed by atoms with Crippen LogP contribution in [0.1, 0.15) is 76.8 Å². The number of likely N-dealkylation sites (N-methyl/N-ethyl adjacent to an activating group) is 1. The van der Waals surface area contributed by atoms with Gasteiger partial charge in [-0.25, -0.2) is 4.79 Å². The van der Waals surface area contributed by atoms with Crippen molar-refractivity contribution in [1.29, 1.82) is 0 Å². The minimum absolute atomic E-state index is 0.0832. The zero-order chi connectivity index (χ0) is 38.0. The summed E-state index contributed by atoms with van der Waals surface area (Å²) in [5, 5.41) is 28.2. The number of unbranched alkanes of at least 4 members (excludes halogenated alkanes) is 1. The Labute approximate surface area is 301 Å². The lowest BCUT2D eigenvalue weighted by atomic mass is 9.50. The van der Waals surface area contributed by atoms with E-state index in [1.165, 1.54) is 20.8 Å². The molecule has 0 aromatic heterocycles. The number of ether oxygens (including phenoxy) is 4. The van der Waals surface area contributed by atoms with Crippen molar-refractivity contribution < 1.29 is 57.9 Å². The number of aromatic hydroxyl groups is 1. The number of phenols is 1. The van der Waals surface area contributed by atoms with Crippen molar-refractivity contribution in [2.24, 2.45) is 5.73 Å². The molecule has 52 heavy (non-hydrogen) atoms. The van der Waals surface area contributed by atoms with Crippen LogP contribution in [0.2, 0.25) is 0 Å². The van der Waals surface area contributed by atoms with Gasteiger partial charge in [-0.15, -0.1) is 0 Å². The lowest BCUT2D eigenvalue weighted by Gasteiger charge is -2.61. The number of esters is 3. The van der Waals surface area contributed by atoms with Gasteiger partial charge in [0.05, 0.1) is 23.9 Å². The molecule has 284 valence electrons. The molecule has 1 aromatic rings. The molecule has 2 bridgehead atoms. The van der Waals surface area contributed by atoms with Gasteiger partial charge in [0, 0.05) is 31.5 Å². The molecule has 1 spiro atoms. The zero-order valence-corrected chi connectivity index (χ0v) is 29.9. The van der Waals surface area contributed by atoms with Crippen molar-refractivity contribution in [2.45, 2.75) is 114 Å². The Kier molecular flexibility index (Phi) is 11.6. The van der Waals surface area contributed by atoms with Crippen molar-refractivity contribution in [3.63, 3.8) is 0 Å². The van der Waals surface area contributed by atoms with Gasteiger partial charge in [0.1, 0.15) is 11.8 Å². The SMILES string of the molecule is CC(=O)N[C@@H](CCCCN)C(=O)NCCC(=O)O[C@@H](CC(=O)OC1=CC[C@@]2(O)[C@H]3Cc4ccc(O)c5c4[C@@]2(CCN3C)[C@H]1O5)C(=O)O[C@@H](C)C(C)=O. The highest BCUT2D eigenvalue weighted by Gasteiger charge is 2.72. The second kappa shape index (κ2) is 15.6. The molecule has 1 saturated heterocycles. The number of hydrogen-bond donors (Lipinski definition) is 5. The second-order valence-electron chi connectivity index (χ2n) is 14.0. The molecule has 16 heteroatoms. The smallest absolute Gasteiger partial charge is 0.348 e. The molecule has 2 aliphatic heterocycles. The van der Waals surface area contributed by atoms with E-state index in [2.05, 4.69) is 15.5 Å². The van der Waals surface area contributed by atoms with Gasteiger partial charge in [0.2, 0.25) is 17.9 Å². The molecule has 2 amide bonds. The Balaban J connectivity index is 1.28. The monoisotopic (exact) mass is 728 g/mol. The van der Waals surface area contributed by atoms with Crippen LogP contribution in [-0.4, -0.2) is 113 Å². The molecule has 0 radical (unpaired) electrons. The van der Waals surface area contributed by atoms with E-state index >= 15 is 0 Å². The molecule has 2 aliphatic carbocycles. The summed E-state index contributed by atoms with van der Waals surface area (Å²) in [6.07, 6.45) is -0.884. The average molecular weight is 729 g/mol. The summed E-state index contributed by atoms with van der Waals surface area (Å²) in [7, 11) is 1.95. The van der Waals surface area contributed by atoms with Gasteiger partial charge in [-0.05, 0) is 83.8 Å². The number of nitrogens with zero attached hydrogens (tertiary/aromatic N) is 1. The molecule has 2 heterocycles. The second-order valence-corrected chi connectivity index (χ2v) is 14.0. The number of nitrogens with one attached hydrogen (secondary N) is 2. The van der Waals surface area contributed by atoms with Crippen LogP contribution in [0, 0.1) is 0 Å². The van der Waals surface area contributed by atoms with Crippen LogP contribution in [0.15, 0.2) is 24.0 Å². The standard InChI is InChI=1S/C36H48N4O12/c1-19(41)20(2)49-34(47)26(51-28(44)11-15-38-33(46)23(39-21(3)42)7-5-6-14-37)18-29(45)50-25-10-12-36(48)27-17-22-8-9-24(43)31-30(22)35(36,32(25)52-31)13-16-40(27)4/h8-10,20,23,26-27,32,43,48H,5-7,11-18,37H2,1-4H3,(H,38,46)(H,39,42)/t20-,23-,26-,27+,32-,35-,36+/m0/s1. The predicted octanol–water partition coefficient (Wildman–Crippen LogP) is 0.176. The van der Waals surface area contributed by atoms with Crippen molar-refractivity contribution in [1.82, 2.24) is 15.5 Å². The number of piperidine rings is 1. The van der Waals surface area contributed by atoms with E-state index < -0.39 is 83.7 Å². The fourth-order valence-electron chi connectivity index (χ4n) is 7.90. The van der Waals surface area contributed by atoms with E-state index in [-0.39, 0.29) is 36.3 Å². The van der Waals surface area contributed by atoms with E-state index in [1.54, 1.807) is 12.1 Å². The van der Waals surface area contributed by atoms with Crippen LogP contribution in [0.3, 0.4) is 0 Å². The van der Waals surface area contributed by atoms with Gasteiger partial charge in [0.25, 0.3) is 0 Å². The fraction of sp³-hybridized carbons (Fsp3) is 0.611. The summed E-state index contributed by atoms with van der Waals surface area (Å²) in [5.41, 5.74) is 4.83. The van der Waals surface area contributed by atoms with Gasteiger partial charge < -0.3 is 50.4 Å². The molecular formula is C36H48N4O12. The van der Waals surface area contributed by atoms with E-state index in [4.69, 9.17) is 24.7 Å². The number of rotatable bonds is 16. The van der Waals surface area contributed by atoms with Gasteiger partial charge in [-0.1, -0.05) is 6.07 Å². The fourth-order valence-corrected chi connectivity index (χ4v) is 7.90. The number of carbonyl (C=O) groups excluding carboxylic acids is 6. The third kappa shape index (κ3) is 7.36. The minimum Gasteiger partial charge on any atom is -0.504 e. The maximum absolute atomic E-state index is 13.5. The average Bonchev–Trinajstić information content (AvgIpc) is 3.44. The van der Waals surface area contributed by atoms with Crippen LogP contribution in [0.25, 0.3) is 0 Å². The molecule has 0 unspecified atom stereocenters.